The van der Waals surface area contributed by atoms with Crippen molar-refractivity contribution >= 4 is 17.0 Å². The molecule has 96 valence electrons. The summed E-state index contributed by atoms with van der Waals surface area (Å²) in [5, 5.41) is 8.14. The maximum absolute atomic E-state index is 5.80. The van der Waals surface area contributed by atoms with Crippen molar-refractivity contribution in [2.45, 2.75) is 13.8 Å². The van der Waals surface area contributed by atoms with Crippen LogP contribution < -0.4 is 5.73 Å². The first-order chi connectivity index (χ1) is 9.15. The summed E-state index contributed by atoms with van der Waals surface area (Å²) in [5.74, 6) is 1.13. The van der Waals surface area contributed by atoms with Gasteiger partial charge in [0, 0.05) is 22.2 Å². The van der Waals surface area contributed by atoms with E-state index >= 15 is 0 Å². The van der Waals surface area contributed by atoms with Gasteiger partial charge in [-0.25, -0.2) is 0 Å². The molecule has 3 rings (SSSR count). The molecule has 0 bridgehead atoms. The molecule has 0 fully saturated rings. The zero-order valence-corrected chi connectivity index (χ0v) is 11.5. The molecule has 2 heterocycles. The van der Waals surface area contributed by atoms with Crippen molar-refractivity contribution in [3.8, 4) is 22.8 Å². The van der Waals surface area contributed by atoms with Gasteiger partial charge in [-0.3, -0.25) is 0 Å². The van der Waals surface area contributed by atoms with Gasteiger partial charge >= 0.3 is 0 Å². The van der Waals surface area contributed by atoms with Crippen LogP contribution in [0.25, 0.3) is 22.8 Å². The molecule has 0 radical (unpaired) electrons. The molecule has 0 amide bonds. The molecule has 2 N–H and O–H groups in total. The van der Waals surface area contributed by atoms with Gasteiger partial charge in [0.15, 0.2) is 0 Å². The summed E-state index contributed by atoms with van der Waals surface area (Å²) in [6.45, 7) is 4.03. The highest BCUT2D eigenvalue weighted by Gasteiger charge is 2.14. The number of thiophene rings is 1. The van der Waals surface area contributed by atoms with Crippen LogP contribution in [0.4, 0.5) is 5.69 Å². The monoisotopic (exact) mass is 271 g/mol. The van der Waals surface area contributed by atoms with Crippen molar-refractivity contribution in [1.29, 1.82) is 0 Å². The minimum atomic E-state index is 0.505. The lowest BCUT2D eigenvalue weighted by molar-refractivity contribution is 0.432. The summed E-state index contributed by atoms with van der Waals surface area (Å²) < 4.78 is 5.35. The normalized spacial score (nSPS) is 10.8. The number of nitrogens with zero attached hydrogens (tertiary/aromatic N) is 2. The molecule has 2 aromatic heterocycles. The van der Waals surface area contributed by atoms with Gasteiger partial charge in [-0.1, -0.05) is 11.2 Å². The topological polar surface area (TPSA) is 64.9 Å². The quantitative estimate of drug-likeness (QED) is 0.722. The van der Waals surface area contributed by atoms with Crippen molar-refractivity contribution < 1.29 is 4.52 Å². The van der Waals surface area contributed by atoms with E-state index < -0.39 is 0 Å². The second kappa shape index (κ2) is 4.51. The van der Waals surface area contributed by atoms with Crippen molar-refractivity contribution in [3.05, 3.63) is 40.1 Å². The predicted octanol–water partition coefficient (Wildman–Crippen LogP) is 3.66. The van der Waals surface area contributed by atoms with Crippen molar-refractivity contribution in [2.24, 2.45) is 0 Å². The fourth-order valence-electron chi connectivity index (χ4n) is 1.90. The number of hydrogen-bond donors (Lipinski definition) is 1. The molecule has 19 heavy (non-hydrogen) atoms. The molecule has 0 spiro atoms. The standard InChI is InChI=1S/C14H13N3OS/c1-8-3-4-10(15)5-11(8)14-16-13(17-18-14)12-7-19-6-9(12)2/h3-7H,15H2,1-2H3. The van der Waals surface area contributed by atoms with Gasteiger partial charge in [-0.15, -0.1) is 0 Å². The van der Waals surface area contributed by atoms with Crippen LogP contribution in [0, 0.1) is 13.8 Å². The van der Waals surface area contributed by atoms with E-state index in [4.69, 9.17) is 10.3 Å². The number of nitrogen functional groups attached to an aromatic ring is 1. The first kappa shape index (κ1) is 11.9. The Kier molecular flexibility index (Phi) is 2.83. The highest BCUT2D eigenvalue weighted by molar-refractivity contribution is 7.08. The summed E-state index contributed by atoms with van der Waals surface area (Å²) >= 11 is 1.63. The molecule has 0 atom stereocenters. The smallest absolute Gasteiger partial charge is 0.258 e. The van der Waals surface area contributed by atoms with E-state index in [1.165, 1.54) is 0 Å². The number of rotatable bonds is 2. The van der Waals surface area contributed by atoms with Gasteiger partial charge in [-0.05, 0) is 42.5 Å². The fourth-order valence-corrected chi connectivity index (χ4v) is 2.73. The van der Waals surface area contributed by atoms with E-state index in [9.17, 15) is 0 Å². The summed E-state index contributed by atoms with van der Waals surface area (Å²) in [7, 11) is 0. The summed E-state index contributed by atoms with van der Waals surface area (Å²) in [6, 6.07) is 5.66. The number of aromatic nitrogens is 2. The predicted molar refractivity (Wildman–Crippen MR) is 76.9 cm³/mol. The van der Waals surface area contributed by atoms with Crippen LogP contribution in [0.3, 0.4) is 0 Å². The lowest BCUT2D eigenvalue weighted by atomic mass is 10.1. The number of aryl methyl sites for hydroxylation is 2. The average molecular weight is 271 g/mol. The van der Waals surface area contributed by atoms with Gasteiger partial charge in [0.25, 0.3) is 5.89 Å². The Morgan fingerprint density at radius 2 is 1.95 bits per heavy atom. The van der Waals surface area contributed by atoms with Crippen LogP contribution in [0.15, 0.2) is 33.5 Å². The van der Waals surface area contributed by atoms with Gasteiger partial charge in [0.05, 0.1) is 0 Å². The number of benzene rings is 1. The van der Waals surface area contributed by atoms with Crippen LogP contribution in [0.5, 0.6) is 0 Å². The SMILES string of the molecule is Cc1cscc1-c1noc(-c2cc(N)ccc2C)n1. The fraction of sp³-hybridized carbons (Fsp3) is 0.143. The van der Waals surface area contributed by atoms with E-state index in [1.54, 1.807) is 11.3 Å². The molecule has 0 aliphatic carbocycles. The average Bonchev–Trinajstić information content (AvgIpc) is 3.00. The Bertz CT molecular complexity index is 730. The zero-order valence-electron chi connectivity index (χ0n) is 10.7. The largest absolute Gasteiger partial charge is 0.399 e. The number of hydrogen-bond acceptors (Lipinski definition) is 5. The Balaban J connectivity index is 2.06. The van der Waals surface area contributed by atoms with Crippen LogP contribution in [-0.4, -0.2) is 10.1 Å². The molecular formula is C14H13N3OS. The van der Waals surface area contributed by atoms with Gasteiger partial charge in [0.2, 0.25) is 5.82 Å². The lowest BCUT2D eigenvalue weighted by Crippen LogP contribution is -1.89. The maximum atomic E-state index is 5.80. The Labute approximate surface area is 114 Å². The lowest BCUT2D eigenvalue weighted by Gasteiger charge is -2.01. The first-order valence-corrected chi connectivity index (χ1v) is 6.83. The Hall–Kier alpha value is -2.14. The van der Waals surface area contributed by atoms with Crippen LogP contribution in [0.2, 0.25) is 0 Å². The molecule has 0 saturated carbocycles. The van der Waals surface area contributed by atoms with E-state index in [-0.39, 0.29) is 0 Å². The van der Waals surface area contributed by atoms with Gasteiger partial charge in [-0.2, -0.15) is 16.3 Å². The van der Waals surface area contributed by atoms with E-state index in [0.29, 0.717) is 17.4 Å². The van der Waals surface area contributed by atoms with Crippen molar-refractivity contribution in [2.75, 3.05) is 5.73 Å². The first-order valence-electron chi connectivity index (χ1n) is 5.88. The summed E-state index contributed by atoms with van der Waals surface area (Å²) in [6.07, 6.45) is 0. The van der Waals surface area contributed by atoms with E-state index in [1.807, 2.05) is 37.4 Å². The van der Waals surface area contributed by atoms with Gasteiger partial charge < -0.3 is 10.3 Å². The van der Waals surface area contributed by atoms with Crippen molar-refractivity contribution in [1.82, 2.24) is 10.1 Å². The summed E-state index contributed by atoms with van der Waals surface area (Å²) in [5.41, 5.74) is 10.6. The third-order valence-corrected chi connectivity index (χ3v) is 3.88. The molecule has 4 nitrogen and oxygen atoms in total. The Morgan fingerprint density at radius 3 is 2.68 bits per heavy atom. The third-order valence-electron chi connectivity index (χ3n) is 3.01. The maximum Gasteiger partial charge on any atom is 0.258 e. The minimum Gasteiger partial charge on any atom is -0.399 e. The van der Waals surface area contributed by atoms with Crippen LogP contribution in [0.1, 0.15) is 11.1 Å². The molecule has 0 aliphatic rings. The van der Waals surface area contributed by atoms with E-state index in [0.717, 1.165) is 22.3 Å². The molecule has 0 aliphatic heterocycles. The van der Waals surface area contributed by atoms with E-state index in [2.05, 4.69) is 15.5 Å². The number of nitrogens with two attached hydrogens (primary N) is 1. The molecule has 0 saturated heterocycles. The third kappa shape index (κ3) is 2.13. The highest BCUT2D eigenvalue weighted by atomic mass is 32.1. The second-order valence-corrected chi connectivity index (χ2v) is 5.21. The number of anilines is 1. The van der Waals surface area contributed by atoms with Crippen LogP contribution in [-0.2, 0) is 0 Å². The minimum absolute atomic E-state index is 0.505. The van der Waals surface area contributed by atoms with Crippen LogP contribution >= 0.6 is 11.3 Å². The van der Waals surface area contributed by atoms with Crippen molar-refractivity contribution in [3.63, 3.8) is 0 Å². The molecule has 5 heteroatoms. The molecule has 1 aromatic carbocycles. The molecule has 0 unspecified atom stereocenters. The highest BCUT2D eigenvalue weighted by Crippen LogP contribution is 2.29. The zero-order chi connectivity index (χ0) is 13.4. The Morgan fingerprint density at radius 1 is 1.11 bits per heavy atom. The molecule has 3 aromatic rings. The van der Waals surface area contributed by atoms with Gasteiger partial charge in [0.1, 0.15) is 0 Å². The molecular weight excluding hydrogens is 258 g/mol. The summed E-state index contributed by atoms with van der Waals surface area (Å²) in [4.78, 5) is 4.46. The second-order valence-electron chi connectivity index (χ2n) is 4.47.